The lowest BCUT2D eigenvalue weighted by atomic mass is 10.1. The van der Waals surface area contributed by atoms with E-state index in [4.69, 9.17) is 4.74 Å². The zero-order valence-corrected chi connectivity index (χ0v) is 11.0. The van der Waals surface area contributed by atoms with Crippen LogP contribution in [0.3, 0.4) is 0 Å². The Morgan fingerprint density at radius 2 is 2.00 bits per heavy atom. The van der Waals surface area contributed by atoms with Crippen LogP contribution in [-0.2, 0) is 4.74 Å². The van der Waals surface area contributed by atoms with E-state index < -0.39 is 0 Å². The van der Waals surface area contributed by atoms with Gasteiger partial charge in [0.05, 0.1) is 12.8 Å². The average Bonchev–Trinajstić information content (AvgIpc) is 2.31. The van der Waals surface area contributed by atoms with Crippen LogP contribution in [0.4, 0.5) is 0 Å². The molecule has 1 saturated heterocycles. The number of nitrogens with zero attached hydrogens (tertiary/aromatic N) is 1. The molecule has 0 bridgehead atoms. The van der Waals surface area contributed by atoms with Crippen LogP contribution in [0.5, 0.6) is 0 Å². The predicted molar refractivity (Wildman–Crippen MR) is 66.1 cm³/mol. The molecule has 1 rings (SSSR count). The van der Waals surface area contributed by atoms with E-state index >= 15 is 0 Å². The molecule has 0 spiro atoms. The van der Waals surface area contributed by atoms with Gasteiger partial charge in [-0.2, -0.15) is 0 Å². The van der Waals surface area contributed by atoms with Gasteiger partial charge in [0.25, 0.3) is 0 Å². The van der Waals surface area contributed by atoms with E-state index in [9.17, 15) is 0 Å². The molecule has 15 heavy (non-hydrogen) atoms. The lowest BCUT2D eigenvalue weighted by Crippen LogP contribution is -2.53. The highest BCUT2D eigenvalue weighted by molar-refractivity contribution is 4.80. The topological polar surface area (TPSA) is 24.5 Å². The Morgan fingerprint density at radius 3 is 2.53 bits per heavy atom. The van der Waals surface area contributed by atoms with Crippen molar-refractivity contribution in [3.63, 3.8) is 0 Å². The molecule has 0 radical (unpaired) electrons. The molecule has 0 amide bonds. The number of nitrogens with one attached hydrogen (secondary N) is 1. The van der Waals surface area contributed by atoms with Crippen molar-refractivity contribution in [2.75, 3.05) is 26.4 Å². The largest absolute Gasteiger partial charge is 0.361 e. The third-order valence-electron chi connectivity index (χ3n) is 2.65. The fraction of sp³-hybridized carbons (Fsp3) is 1.00. The van der Waals surface area contributed by atoms with Gasteiger partial charge in [0.1, 0.15) is 0 Å². The van der Waals surface area contributed by atoms with Crippen LogP contribution in [0.1, 0.15) is 41.0 Å². The van der Waals surface area contributed by atoms with Crippen LogP contribution in [0.2, 0.25) is 0 Å². The summed E-state index contributed by atoms with van der Waals surface area (Å²) in [6.07, 6.45) is 1.55. The highest BCUT2D eigenvalue weighted by Crippen LogP contribution is 2.09. The van der Waals surface area contributed by atoms with E-state index in [1.165, 1.54) is 6.42 Å². The molecule has 0 aliphatic carbocycles. The maximum absolute atomic E-state index is 5.65. The van der Waals surface area contributed by atoms with E-state index in [0.717, 1.165) is 26.4 Å². The smallest absolute Gasteiger partial charge is 0.0995 e. The first-order valence-electron chi connectivity index (χ1n) is 6.35. The highest BCUT2D eigenvalue weighted by atomic mass is 16.5. The minimum absolute atomic E-state index is 0.356. The Kier molecular flexibility index (Phi) is 9.06. The van der Waals surface area contributed by atoms with E-state index in [-0.39, 0.29) is 0 Å². The highest BCUT2D eigenvalue weighted by Gasteiger charge is 2.24. The van der Waals surface area contributed by atoms with Crippen molar-refractivity contribution < 1.29 is 4.74 Å². The van der Waals surface area contributed by atoms with Crippen LogP contribution in [0.25, 0.3) is 0 Å². The molecule has 92 valence electrons. The molecule has 1 fully saturated rings. The Balaban J connectivity index is 0.000000921. The zero-order chi connectivity index (χ0) is 11.7. The third-order valence-corrected chi connectivity index (χ3v) is 2.65. The molecule has 1 aliphatic heterocycles. The summed E-state index contributed by atoms with van der Waals surface area (Å²) in [5.74, 6) is 0. The maximum atomic E-state index is 5.65. The SMILES string of the molecule is CC.CCCNC1CN(CC)COC1C. The van der Waals surface area contributed by atoms with Gasteiger partial charge in [0, 0.05) is 12.6 Å². The van der Waals surface area contributed by atoms with Crippen LogP contribution in [0, 0.1) is 0 Å². The van der Waals surface area contributed by atoms with E-state index in [0.29, 0.717) is 12.1 Å². The quantitative estimate of drug-likeness (QED) is 0.778. The Hall–Kier alpha value is -0.120. The van der Waals surface area contributed by atoms with Crippen LogP contribution < -0.4 is 5.32 Å². The van der Waals surface area contributed by atoms with Gasteiger partial charge in [-0.1, -0.05) is 27.7 Å². The summed E-state index contributed by atoms with van der Waals surface area (Å²) in [7, 11) is 0. The van der Waals surface area contributed by atoms with Gasteiger partial charge < -0.3 is 10.1 Å². The lowest BCUT2D eigenvalue weighted by molar-refractivity contribution is -0.0770. The molecule has 0 saturated carbocycles. The molecule has 1 N–H and O–H groups in total. The third kappa shape index (κ3) is 5.50. The molecule has 3 heteroatoms. The van der Waals surface area contributed by atoms with Crippen molar-refractivity contribution in [3.8, 4) is 0 Å². The Bertz CT molecular complexity index is 142. The summed E-state index contributed by atoms with van der Waals surface area (Å²) < 4.78 is 5.65. The Labute approximate surface area is 95.2 Å². The molecule has 1 heterocycles. The summed E-state index contributed by atoms with van der Waals surface area (Å²) in [6.45, 7) is 14.6. The fourth-order valence-electron chi connectivity index (χ4n) is 1.60. The molecule has 2 atom stereocenters. The molecule has 0 aromatic rings. The summed E-state index contributed by atoms with van der Waals surface area (Å²) in [4.78, 5) is 2.33. The van der Waals surface area contributed by atoms with Crippen molar-refractivity contribution >= 4 is 0 Å². The van der Waals surface area contributed by atoms with Crippen molar-refractivity contribution in [3.05, 3.63) is 0 Å². The van der Waals surface area contributed by atoms with Gasteiger partial charge in [0.2, 0.25) is 0 Å². The van der Waals surface area contributed by atoms with Crippen molar-refractivity contribution in [1.82, 2.24) is 10.2 Å². The second-order valence-electron chi connectivity index (χ2n) is 3.73. The second kappa shape index (κ2) is 9.13. The number of likely N-dealkylation sites (N-methyl/N-ethyl adjacent to an activating group) is 1. The lowest BCUT2D eigenvalue weighted by Gasteiger charge is -2.37. The molecule has 0 aromatic carbocycles. The van der Waals surface area contributed by atoms with Gasteiger partial charge in [-0.25, -0.2) is 0 Å². The van der Waals surface area contributed by atoms with Crippen molar-refractivity contribution in [2.45, 2.75) is 53.2 Å². The molecule has 2 unspecified atom stereocenters. The van der Waals surface area contributed by atoms with Crippen LogP contribution >= 0.6 is 0 Å². The minimum atomic E-state index is 0.356. The number of rotatable bonds is 4. The molecule has 1 aliphatic rings. The number of ether oxygens (including phenoxy) is 1. The summed E-state index contributed by atoms with van der Waals surface area (Å²) >= 11 is 0. The monoisotopic (exact) mass is 216 g/mol. The molecular formula is C12H28N2O. The average molecular weight is 216 g/mol. The summed E-state index contributed by atoms with van der Waals surface area (Å²) in [6, 6.07) is 0.508. The van der Waals surface area contributed by atoms with E-state index in [2.05, 4.69) is 31.0 Å². The first-order chi connectivity index (χ1) is 7.27. The van der Waals surface area contributed by atoms with Gasteiger partial charge in [-0.15, -0.1) is 0 Å². The van der Waals surface area contributed by atoms with E-state index in [1.807, 2.05) is 13.8 Å². The normalized spacial score (nSPS) is 27.0. The fourth-order valence-corrected chi connectivity index (χ4v) is 1.60. The number of hydrogen-bond acceptors (Lipinski definition) is 3. The van der Waals surface area contributed by atoms with Crippen LogP contribution in [0.15, 0.2) is 0 Å². The second-order valence-corrected chi connectivity index (χ2v) is 3.73. The van der Waals surface area contributed by atoms with Crippen molar-refractivity contribution in [1.29, 1.82) is 0 Å². The summed E-state index contributed by atoms with van der Waals surface area (Å²) in [5, 5.41) is 3.52. The maximum Gasteiger partial charge on any atom is 0.0995 e. The van der Waals surface area contributed by atoms with E-state index in [1.54, 1.807) is 0 Å². The number of hydrogen-bond donors (Lipinski definition) is 1. The van der Waals surface area contributed by atoms with Gasteiger partial charge in [-0.3, -0.25) is 4.90 Å². The summed E-state index contributed by atoms with van der Waals surface area (Å²) in [5.41, 5.74) is 0. The first kappa shape index (κ1) is 14.9. The van der Waals surface area contributed by atoms with Gasteiger partial charge in [0.15, 0.2) is 0 Å². The van der Waals surface area contributed by atoms with Crippen LogP contribution in [-0.4, -0.2) is 43.4 Å². The predicted octanol–water partition coefficient (Wildman–Crippen LogP) is 2.08. The van der Waals surface area contributed by atoms with Gasteiger partial charge >= 0.3 is 0 Å². The minimum Gasteiger partial charge on any atom is -0.361 e. The first-order valence-corrected chi connectivity index (χ1v) is 6.35. The zero-order valence-electron chi connectivity index (χ0n) is 11.0. The standard InChI is InChI=1S/C10H22N2O.C2H6/c1-4-6-11-10-7-12(5-2)8-13-9(10)3;1-2/h9-11H,4-8H2,1-3H3;1-2H3. The molecule has 3 nitrogen and oxygen atoms in total. The Morgan fingerprint density at radius 1 is 1.33 bits per heavy atom. The van der Waals surface area contributed by atoms with Crippen molar-refractivity contribution in [2.24, 2.45) is 0 Å². The molecule has 0 aromatic heterocycles. The molecular weight excluding hydrogens is 188 g/mol. The van der Waals surface area contributed by atoms with Gasteiger partial charge in [-0.05, 0) is 26.4 Å².